The summed E-state index contributed by atoms with van der Waals surface area (Å²) in [4.78, 5) is 17.4. The summed E-state index contributed by atoms with van der Waals surface area (Å²) in [7, 11) is 2.17. The second kappa shape index (κ2) is 31.0. The molecule has 0 amide bonds. The average molecular weight is 687 g/mol. The van der Waals surface area contributed by atoms with E-state index in [2.05, 4.69) is 30.7 Å². The number of unbranched alkanes of at least 4 members (excludes halogenated alkanes) is 21. The van der Waals surface area contributed by atoms with Crippen LogP contribution < -0.4 is 9.47 Å². The van der Waals surface area contributed by atoms with Crippen LogP contribution in [0.2, 0.25) is 0 Å². The number of nitrogens with zero attached hydrogens (tertiary/aromatic N) is 2. The summed E-state index contributed by atoms with van der Waals surface area (Å²) in [5.74, 6) is 1.52. The third kappa shape index (κ3) is 24.9. The second-order valence-electron chi connectivity index (χ2n) is 14.8. The van der Waals surface area contributed by atoms with E-state index in [1.807, 2.05) is 18.2 Å². The molecule has 0 saturated carbocycles. The van der Waals surface area contributed by atoms with E-state index in [1.54, 1.807) is 0 Å². The van der Waals surface area contributed by atoms with Crippen LogP contribution in [0.1, 0.15) is 180 Å². The Bertz CT molecular complexity index is 902. The molecule has 0 bridgehead atoms. The first kappa shape index (κ1) is 43.4. The molecule has 1 aromatic carbocycles. The number of hydrogen-bond acceptors (Lipinski definition) is 6. The molecular weight excluding hydrogens is 608 g/mol. The molecule has 1 heterocycles. The fourth-order valence-corrected chi connectivity index (χ4v) is 6.72. The lowest BCUT2D eigenvalue weighted by molar-refractivity contribution is -0.145. The van der Waals surface area contributed by atoms with E-state index < -0.39 is 0 Å². The number of carbonyl (C=O) groups excluding carboxylic acids is 1. The molecular formula is C43H78N2O4. The van der Waals surface area contributed by atoms with Gasteiger partial charge in [0.05, 0.1) is 13.2 Å². The topological polar surface area (TPSA) is 51.2 Å². The van der Waals surface area contributed by atoms with Gasteiger partial charge in [-0.15, -0.1) is 0 Å². The SMILES string of the molecule is CCCCCCCCCCCCCCOc1cc(COC(=O)CCCN2CCN(C)CC2)cc(OCCCCCCCCCCCCC)c1. The lowest BCUT2D eigenvalue weighted by Gasteiger charge is -2.32. The van der Waals surface area contributed by atoms with Gasteiger partial charge in [-0.25, -0.2) is 0 Å². The second-order valence-corrected chi connectivity index (χ2v) is 14.8. The first-order valence-corrected chi connectivity index (χ1v) is 21.1. The van der Waals surface area contributed by atoms with Crippen LogP contribution >= 0.6 is 0 Å². The smallest absolute Gasteiger partial charge is 0.306 e. The number of rotatable bonds is 33. The van der Waals surface area contributed by atoms with Crippen LogP contribution in [0.15, 0.2) is 18.2 Å². The number of likely N-dealkylation sites (N-methyl/N-ethyl adjacent to an activating group) is 1. The van der Waals surface area contributed by atoms with Crippen molar-refractivity contribution < 1.29 is 19.0 Å². The van der Waals surface area contributed by atoms with Gasteiger partial charge in [0, 0.05) is 38.7 Å². The average Bonchev–Trinajstić information content (AvgIpc) is 3.10. The number of benzene rings is 1. The van der Waals surface area contributed by atoms with Crippen molar-refractivity contribution in [3.05, 3.63) is 23.8 Å². The maximum Gasteiger partial charge on any atom is 0.306 e. The van der Waals surface area contributed by atoms with Crippen molar-refractivity contribution in [2.45, 2.75) is 181 Å². The minimum Gasteiger partial charge on any atom is -0.493 e. The van der Waals surface area contributed by atoms with Crippen molar-refractivity contribution in [3.8, 4) is 11.5 Å². The summed E-state index contributed by atoms with van der Waals surface area (Å²) < 4.78 is 18.1. The number of hydrogen-bond donors (Lipinski definition) is 0. The van der Waals surface area contributed by atoms with Crippen molar-refractivity contribution in [3.63, 3.8) is 0 Å². The first-order valence-electron chi connectivity index (χ1n) is 21.1. The molecule has 0 radical (unpaired) electrons. The van der Waals surface area contributed by atoms with Crippen molar-refractivity contribution in [2.24, 2.45) is 0 Å². The van der Waals surface area contributed by atoms with Crippen LogP contribution in [0.4, 0.5) is 0 Å². The highest BCUT2D eigenvalue weighted by atomic mass is 16.5. The molecule has 1 aliphatic heterocycles. The summed E-state index contributed by atoms with van der Waals surface area (Å²) in [6.45, 7) is 11.6. The van der Waals surface area contributed by atoms with Gasteiger partial charge < -0.3 is 24.0 Å². The number of carbonyl (C=O) groups is 1. The van der Waals surface area contributed by atoms with Gasteiger partial charge in [-0.05, 0) is 50.6 Å². The molecule has 1 aliphatic rings. The maximum atomic E-state index is 12.6. The third-order valence-electron chi connectivity index (χ3n) is 10.1. The highest BCUT2D eigenvalue weighted by molar-refractivity contribution is 5.69. The summed E-state index contributed by atoms with van der Waals surface area (Å²) in [5.41, 5.74) is 0.938. The van der Waals surface area contributed by atoms with Crippen molar-refractivity contribution >= 4 is 5.97 Å². The standard InChI is InChI=1S/C43H78N2O4/c1-4-6-8-10-12-14-16-18-20-22-24-26-35-48-42-37-40(39-49-43(46)28-27-29-45-32-30-44(3)31-33-45)36-41(38-42)47-34-25-23-21-19-17-15-13-11-9-7-5-2/h36-38H,4-35,39H2,1-3H3. The maximum absolute atomic E-state index is 12.6. The molecule has 49 heavy (non-hydrogen) atoms. The van der Waals surface area contributed by atoms with Crippen molar-refractivity contribution in [2.75, 3.05) is 53.0 Å². The molecule has 6 heteroatoms. The molecule has 0 atom stereocenters. The Morgan fingerprint density at radius 2 is 0.959 bits per heavy atom. The van der Waals surface area contributed by atoms with Crippen molar-refractivity contribution in [1.29, 1.82) is 0 Å². The van der Waals surface area contributed by atoms with Gasteiger partial charge in [0.2, 0.25) is 0 Å². The van der Waals surface area contributed by atoms with Gasteiger partial charge in [-0.1, -0.05) is 149 Å². The lowest BCUT2D eigenvalue weighted by Crippen LogP contribution is -2.44. The van der Waals surface area contributed by atoms with Crippen LogP contribution in [-0.2, 0) is 16.1 Å². The minimum atomic E-state index is -0.125. The van der Waals surface area contributed by atoms with Crippen LogP contribution in [0.25, 0.3) is 0 Å². The first-order chi connectivity index (χ1) is 24.1. The van der Waals surface area contributed by atoms with E-state index in [1.165, 1.54) is 135 Å². The highest BCUT2D eigenvalue weighted by Crippen LogP contribution is 2.25. The van der Waals surface area contributed by atoms with E-state index in [9.17, 15) is 4.79 Å². The molecule has 6 nitrogen and oxygen atoms in total. The van der Waals surface area contributed by atoms with E-state index >= 15 is 0 Å². The van der Waals surface area contributed by atoms with E-state index in [-0.39, 0.29) is 12.6 Å². The van der Waals surface area contributed by atoms with E-state index in [4.69, 9.17) is 14.2 Å². The van der Waals surface area contributed by atoms with Crippen LogP contribution in [-0.4, -0.2) is 68.8 Å². The Labute approximate surface area is 303 Å². The zero-order valence-corrected chi connectivity index (χ0v) is 32.6. The summed E-state index contributed by atoms with van der Waals surface area (Å²) in [6.07, 6.45) is 31.9. The zero-order chi connectivity index (χ0) is 35.0. The molecule has 0 unspecified atom stereocenters. The van der Waals surface area contributed by atoms with Crippen molar-refractivity contribution in [1.82, 2.24) is 9.80 Å². The zero-order valence-electron chi connectivity index (χ0n) is 32.6. The van der Waals surface area contributed by atoms with E-state index in [0.717, 1.165) is 69.0 Å². The molecule has 1 aromatic rings. The summed E-state index contributed by atoms with van der Waals surface area (Å²) in [5, 5.41) is 0. The molecule has 0 spiro atoms. The molecule has 284 valence electrons. The molecule has 0 N–H and O–H groups in total. The van der Waals surface area contributed by atoms with Crippen LogP contribution in [0.3, 0.4) is 0 Å². The Balaban J connectivity index is 1.68. The normalized spacial score (nSPS) is 13.9. The summed E-state index contributed by atoms with van der Waals surface area (Å²) >= 11 is 0. The fourth-order valence-electron chi connectivity index (χ4n) is 6.72. The fraction of sp³-hybridized carbons (Fsp3) is 0.837. The molecule has 0 aliphatic carbocycles. The Morgan fingerprint density at radius 1 is 0.551 bits per heavy atom. The number of esters is 1. The third-order valence-corrected chi connectivity index (χ3v) is 10.1. The highest BCUT2D eigenvalue weighted by Gasteiger charge is 2.14. The molecule has 1 fully saturated rings. The quantitative estimate of drug-likeness (QED) is 0.0542. The summed E-state index contributed by atoms with van der Waals surface area (Å²) in [6, 6.07) is 6.06. The monoisotopic (exact) mass is 687 g/mol. The predicted octanol–water partition coefficient (Wildman–Crippen LogP) is 11.5. The largest absolute Gasteiger partial charge is 0.493 e. The van der Waals surface area contributed by atoms with E-state index in [0.29, 0.717) is 19.6 Å². The van der Waals surface area contributed by atoms with Gasteiger partial charge in [-0.3, -0.25) is 4.79 Å². The van der Waals surface area contributed by atoms with Crippen LogP contribution in [0, 0.1) is 0 Å². The van der Waals surface area contributed by atoms with Gasteiger partial charge in [0.25, 0.3) is 0 Å². The molecule has 1 saturated heterocycles. The minimum absolute atomic E-state index is 0.125. The Kier molecular flexibility index (Phi) is 27.4. The Hall–Kier alpha value is -1.79. The predicted molar refractivity (Wildman–Crippen MR) is 208 cm³/mol. The van der Waals surface area contributed by atoms with Crippen LogP contribution in [0.5, 0.6) is 11.5 Å². The Morgan fingerprint density at radius 3 is 1.39 bits per heavy atom. The number of piperazine rings is 1. The molecule has 0 aromatic heterocycles. The lowest BCUT2D eigenvalue weighted by atomic mass is 10.1. The number of ether oxygens (including phenoxy) is 3. The molecule has 2 rings (SSSR count). The van der Waals surface area contributed by atoms with Gasteiger partial charge in [0.15, 0.2) is 0 Å². The van der Waals surface area contributed by atoms with Gasteiger partial charge in [0.1, 0.15) is 18.1 Å². The van der Waals surface area contributed by atoms with Gasteiger partial charge >= 0.3 is 5.97 Å². The van der Waals surface area contributed by atoms with Gasteiger partial charge in [-0.2, -0.15) is 0 Å².